The molecule has 0 spiro atoms. The van der Waals surface area contributed by atoms with Crippen LogP contribution in [0.1, 0.15) is 30.5 Å². The maximum absolute atomic E-state index is 9.29. The molecule has 1 aromatic heterocycles. The Morgan fingerprint density at radius 2 is 1.85 bits per heavy atom. The first kappa shape index (κ1) is 17.7. The molecule has 3 rings (SSSR count). The van der Waals surface area contributed by atoms with Gasteiger partial charge in [-0.05, 0) is 54.3 Å². The minimum atomic E-state index is -0.253. The first-order chi connectivity index (χ1) is 12.2. The number of aromatic nitrogens is 1. The molecule has 0 radical (unpaired) electrons. The molecule has 1 aliphatic carbocycles. The largest absolute Gasteiger partial charge is 0.397 e. The molecule has 26 heavy (non-hydrogen) atoms. The number of nitrogens with zero attached hydrogens (tertiary/aromatic N) is 2. The standard InChI is InChI=1S/C23H23N3/c1-14-8-19-21(9-15(14)2)26-13-20(25)22(19)16(3)18-7-6-17(12-24)10-23(4,5)11-18/h6-11,13H,3,25H2,1-2,4-5H3. The van der Waals surface area contributed by atoms with Crippen LogP contribution in [-0.2, 0) is 0 Å². The van der Waals surface area contributed by atoms with E-state index < -0.39 is 0 Å². The average molecular weight is 341 g/mol. The predicted octanol–water partition coefficient (Wildman–Crippen LogP) is 5.42. The van der Waals surface area contributed by atoms with Crippen LogP contribution >= 0.6 is 0 Å². The highest BCUT2D eigenvalue weighted by atomic mass is 14.7. The first-order valence-electron chi connectivity index (χ1n) is 8.61. The Bertz CT molecular complexity index is 1060. The van der Waals surface area contributed by atoms with Gasteiger partial charge in [-0.2, -0.15) is 5.26 Å². The minimum Gasteiger partial charge on any atom is -0.397 e. The van der Waals surface area contributed by atoms with Crippen LogP contribution in [0.2, 0.25) is 0 Å². The zero-order valence-corrected chi connectivity index (χ0v) is 15.7. The third kappa shape index (κ3) is 3.19. The molecule has 0 atom stereocenters. The van der Waals surface area contributed by atoms with Crippen molar-refractivity contribution in [2.24, 2.45) is 5.41 Å². The fraction of sp³-hybridized carbons (Fsp3) is 0.217. The van der Waals surface area contributed by atoms with Gasteiger partial charge in [0, 0.05) is 21.9 Å². The molecule has 0 saturated heterocycles. The van der Waals surface area contributed by atoms with E-state index in [-0.39, 0.29) is 5.41 Å². The zero-order valence-electron chi connectivity index (χ0n) is 15.7. The maximum atomic E-state index is 9.29. The SMILES string of the molecule is C=C(C1=CC(C)(C)C=C(C#N)C=C1)c1c(N)cnc2cc(C)c(C)cc12. The molecule has 3 heteroatoms. The van der Waals surface area contributed by atoms with E-state index in [1.165, 1.54) is 11.1 Å². The summed E-state index contributed by atoms with van der Waals surface area (Å²) in [4.78, 5) is 4.49. The van der Waals surface area contributed by atoms with Crippen molar-refractivity contribution < 1.29 is 0 Å². The number of hydrogen-bond acceptors (Lipinski definition) is 3. The summed E-state index contributed by atoms with van der Waals surface area (Å²) in [6.07, 6.45) is 9.57. The fourth-order valence-electron chi connectivity index (χ4n) is 3.32. The number of aryl methyl sites for hydroxylation is 2. The molecule has 0 unspecified atom stereocenters. The summed E-state index contributed by atoms with van der Waals surface area (Å²) in [7, 11) is 0. The van der Waals surface area contributed by atoms with Crippen LogP contribution in [0, 0.1) is 30.6 Å². The molecule has 0 fully saturated rings. The van der Waals surface area contributed by atoms with Gasteiger partial charge in [-0.1, -0.05) is 38.7 Å². The highest BCUT2D eigenvalue weighted by Crippen LogP contribution is 2.37. The summed E-state index contributed by atoms with van der Waals surface area (Å²) < 4.78 is 0. The van der Waals surface area contributed by atoms with E-state index in [0.717, 1.165) is 27.6 Å². The van der Waals surface area contributed by atoms with Crippen LogP contribution in [0.3, 0.4) is 0 Å². The number of allylic oxidation sites excluding steroid dienone is 7. The number of fused-ring (bicyclic) bond motifs is 1. The second kappa shape index (κ2) is 6.31. The molecule has 2 aromatic rings. The summed E-state index contributed by atoms with van der Waals surface area (Å²) >= 11 is 0. The molecule has 3 nitrogen and oxygen atoms in total. The molecule has 1 heterocycles. The first-order valence-corrected chi connectivity index (χ1v) is 8.61. The molecule has 1 aromatic carbocycles. The third-order valence-electron chi connectivity index (χ3n) is 4.79. The van der Waals surface area contributed by atoms with Crippen LogP contribution < -0.4 is 5.73 Å². The summed E-state index contributed by atoms with van der Waals surface area (Å²) in [6.45, 7) is 12.7. The van der Waals surface area contributed by atoms with Gasteiger partial charge in [0.1, 0.15) is 0 Å². The van der Waals surface area contributed by atoms with Gasteiger partial charge in [0.15, 0.2) is 0 Å². The lowest BCUT2D eigenvalue weighted by atomic mass is 9.86. The number of benzene rings is 1. The van der Waals surface area contributed by atoms with Crippen molar-refractivity contribution >= 4 is 22.2 Å². The van der Waals surface area contributed by atoms with Crippen LogP contribution in [-0.4, -0.2) is 4.98 Å². The Morgan fingerprint density at radius 3 is 2.54 bits per heavy atom. The van der Waals surface area contributed by atoms with Crippen LogP contribution in [0.25, 0.3) is 16.5 Å². The van der Waals surface area contributed by atoms with Gasteiger partial charge in [-0.3, -0.25) is 4.98 Å². The quantitative estimate of drug-likeness (QED) is 0.793. The fourth-order valence-corrected chi connectivity index (χ4v) is 3.32. The summed E-state index contributed by atoms with van der Waals surface area (Å²) in [5.74, 6) is 0. The molecular formula is C23H23N3. The van der Waals surface area contributed by atoms with Crippen molar-refractivity contribution in [2.75, 3.05) is 5.73 Å². The highest BCUT2D eigenvalue weighted by Gasteiger charge is 2.20. The van der Waals surface area contributed by atoms with E-state index in [1.54, 1.807) is 6.20 Å². The highest BCUT2D eigenvalue weighted by molar-refractivity contribution is 6.01. The summed E-state index contributed by atoms with van der Waals surface area (Å²) in [5.41, 5.74) is 13.3. The van der Waals surface area contributed by atoms with Crippen LogP contribution in [0.5, 0.6) is 0 Å². The van der Waals surface area contributed by atoms with E-state index in [0.29, 0.717) is 11.3 Å². The van der Waals surface area contributed by atoms with Crippen molar-refractivity contribution in [2.45, 2.75) is 27.7 Å². The zero-order chi connectivity index (χ0) is 19.1. The monoisotopic (exact) mass is 341 g/mol. The molecular weight excluding hydrogens is 318 g/mol. The third-order valence-corrected chi connectivity index (χ3v) is 4.79. The van der Waals surface area contributed by atoms with Crippen LogP contribution in [0.4, 0.5) is 5.69 Å². The molecule has 2 N–H and O–H groups in total. The minimum absolute atomic E-state index is 0.253. The van der Waals surface area contributed by atoms with Crippen molar-refractivity contribution in [3.05, 3.63) is 77.0 Å². The second-order valence-electron chi connectivity index (χ2n) is 7.49. The van der Waals surface area contributed by atoms with Crippen LogP contribution in [0.15, 0.2) is 60.4 Å². The molecule has 0 saturated carbocycles. The van der Waals surface area contributed by atoms with Crippen molar-refractivity contribution in [3.8, 4) is 6.07 Å². The Labute approximate surface area is 154 Å². The molecule has 0 amide bonds. The number of hydrogen-bond donors (Lipinski definition) is 1. The van der Waals surface area contributed by atoms with E-state index >= 15 is 0 Å². The van der Waals surface area contributed by atoms with E-state index in [4.69, 9.17) is 5.73 Å². The van der Waals surface area contributed by atoms with Gasteiger partial charge in [0.2, 0.25) is 0 Å². The number of nitriles is 1. The molecule has 130 valence electrons. The molecule has 0 aliphatic heterocycles. The predicted molar refractivity (Wildman–Crippen MR) is 109 cm³/mol. The summed E-state index contributed by atoms with van der Waals surface area (Å²) in [6, 6.07) is 6.44. The van der Waals surface area contributed by atoms with E-state index in [1.807, 2.05) is 18.2 Å². The molecule has 1 aliphatic rings. The van der Waals surface area contributed by atoms with Gasteiger partial charge in [-0.25, -0.2) is 0 Å². The lowest BCUT2D eigenvalue weighted by molar-refractivity contribution is 0.623. The van der Waals surface area contributed by atoms with Gasteiger partial charge in [0.05, 0.1) is 23.5 Å². The van der Waals surface area contributed by atoms with Gasteiger partial charge in [-0.15, -0.1) is 0 Å². The van der Waals surface area contributed by atoms with E-state index in [9.17, 15) is 5.26 Å². The number of anilines is 1. The lowest BCUT2D eigenvalue weighted by Crippen LogP contribution is -2.05. The van der Waals surface area contributed by atoms with Gasteiger partial charge in [0.25, 0.3) is 0 Å². The smallest absolute Gasteiger partial charge is 0.0988 e. The summed E-state index contributed by atoms with van der Waals surface area (Å²) in [5, 5.41) is 10.3. The lowest BCUT2D eigenvalue weighted by Gasteiger charge is -2.19. The normalized spacial score (nSPS) is 15.8. The number of nitrogen functional groups attached to an aromatic ring is 1. The number of nitrogens with two attached hydrogens (primary N) is 1. The Kier molecular flexibility index (Phi) is 4.29. The van der Waals surface area contributed by atoms with Crippen molar-refractivity contribution in [3.63, 3.8) is 0 Å². The Balaban J connectivity index is 2.20. The second-order valence-corrected chi connectivity index (χ2v) is 7.49. The molecule has 0 bridgehead atoms. The van der Waals surface area contributed by atoms with Gasteiger partial charge >= 0.3 is 0 Å². The number of pyridine rings is 1. The van der Waals surface area contributed by atoms with Gasteiger partial charge < -0.3 is 5.73 Å². The Hall–Kier alpha value is -3.12. The average Bonchev–Trinajstić information content (AvgIpc) is 2.73. The topological polar surface area (TPSA) is 62.7 Å². The number of rotatable bonds is 2. The van der Waals surface area contributed by atoms with Crippen molar-refractivity contribution in [1.29, 1.82) is 5.26 Å². The Morgan fingerprint density at radius 1 is 1.15 bits per heavy atom. The van der Waals surface area contributed by atoms with Crippen molar-refractivity contribution in [1.82, 2.24) is 4.98 Å². The maximum Gasteiger partial charge on any atom is 0.0988 e. The van der Waals surface area contributed by atoms with E-state index in [2.05, 4.69) is 63.5 Å².